The van der Waals surface area contributed by atoms with E-state index in [2.05, 4.69) is 15.5 Å². The minimum atomic E-state index is -0.0708. The van der Waals surface area contributed by atoms with Crippen molar-refractivity contribution in [3.8, 4) is 0 Å². The summed E-state index contributed by atoms with van der Waals surface area (Å²) < 4.78 is 0. The summed E-state index contributed by atoms with van der Waals surface area (Å²) in [5.41, 5.74) is 8.33. The number of hydrogen-bond donors (Lipinski definition) is 3. The van der Waals surface area contributed by atoms with Gasteiger partial charge in [-0.3, -0.25) is 9.69 Å². The third-order valence-electron chi connectivity index (χ3n) is 4.60. The fourth-order valence-corrected chi connectivity index (χ4v) is 3.55. The van der Waals surface area contributed by atoms with Crippen LogP contribution >= 0.6 is 0 Å². The number of benzene rings is 1. The van der Waals surface area contributed by atoms with Crippen LogP contribution in [0.2, 0.25) is 0 Å². The van der Waals surface area contributed by atoms with Crippen LogP contribution in [0.3, 0.4) is 0 Å². The number of rotatable bonds is 4. The molecule has 2 saturated heterocycles. The SMILES string of the molecule is CCNC(=O)c1ccc(NC2CCN3CCCC23)c(N)c1. The van der Waals surface area contributed by atoms with Crippen molar-refractivity contribution in [3.63, 3.8) is 0 Å². The first-order valence-electron chi connectivity index (χ1n) is 7.87. The highest BCUT2D eigenvalue weighted by Gasteiger charge is 2.37. The third-order valence-corrected chi connectivity index (χ3v) is 4.60. The first kappa shape index (κ1) is 14.2. The summed E-state index contributed by atoms with van der Waals surface area (Å²) in [6.07, 6.45) is 3.74. The summed E-state index contributed by atoms with van der Waals surface area (Å²) >= 11 is 0. The standard InChI is InChI=1S/C16H24N4O/c1-2-18-16(21)11-5-6-13(12(17)10-11)19-14-7-9-20-8-3-4-15(14)20/h5-6,10,14-15,19H,2-4,7-9,17H2,1H3,(H,18,21). The molecule has 0 radical (unpaired) electrons. The molecule has 2 aliphatic heterocycles. The van der Waals surface area contributed by atoms with E-state index in [4.69, 9.17) is 5.73 Å². The van der Waals surface area contributed by atoms with Gasteiger partial charge in [-0.25, -0.2) is 0 Å². The van der Waals surface area contributed by atoms with E-state index in [-0.39, 0.29) is 5.91 Å². The maximum absolute atomic E-state index is 11.8. The second-order valence-corrected chi connectivity index (χ2v) is 5.95. The largest absolute Gasteiger partial charge is 0.397 e. The summed E-state index contributed by atoms with van der Waals surface area (Å²) in [6.45, 7) is 4.94. The predicted octanol–water partition coefficient (Wildman–Crippen LogP) is 1.67. The molecule has 0 bridgehead atoms. The first-order chi connectivity index (χ1) is 10.2. The summed E-state index contributed by atoms with van der Waals surface area (Å²) in [7, 11) is 0. The van der Waals surface area contributed by atoms with Crippen LogP contribution in [0.15, 0.2) is 18.2 Å². The van der Waals surface area contributed by atoms with Crippen molar-refractivity contribution in [2.45, 2.75) is 38.3 Å². The molecule has 114 valence electrons. The molecule has 21 heavy (non-hydrogen) atoms. The first-order valence-corrected chi connectivity index (χ1v) is 7.87. The minimum Gasteiger partial charge on any atom is -0.397 e. The van der Waals surface area contributed by atoms with Crippen molar-refractivity contribution in [2.75, 3.05) is 30.7 Å². The smallest absolute Gasteiger partial charge is 0.251 e. The van der Waals surface area contributed by atoms with Crippen molar-refractivity contribution in [1.29, 1.82) is 0 Å². The Bertz CT molecular complexity index is 531. The van der Waals surface area contributed by atoms with Gasteiger partial charge in [-0.1, -0.05) is 0 Å². The Morgan fingerprint density at radius 3 is 3.00 bits per heavy atom. The fourth-order valence-electron chi connectivity index (χ4n) is 3.55. The lowest BCUT2D eigenvalue weighted by Gasteiger charge is -2.23. The van der Waals surface area contributed by atoms with Gasteiger partial charge in [0.05, 0.1) is 11.4 Å². The fraction of sp³-hybridized carbons (Fsp3) is 0.562. The molecule has 1 aromatic rings. The normalized spacial score (nSPS) is 24.8. The zero-order chi connectivity index (χ0) is 14.8. The molecule has 2 unspecified atom stereocenters. The highest BCUT2D eigenvalue weighted by Crippen LogP contribution is 2.31. The maximum atomic E-state index is 11.8. The molecule has 0 aromatic heterocycles. The van der Waals surface area contributed by atoms with Crippen molar-refractivity contribution in [1.82, 2.24) is 10.2 Å². The number of hydrogen-bond acceptors (Lipinski definition) is 4. The van der Waals surface area contributed by atoms with E-state index >= 15 is 0 Å². The van der Waals surface area contributed by atoms with Crippen LogP contribution in [0.4, 0.5) is 11.4 Å². The lowest BCUT2D eigenvalue weighted by atomic mass is 10.1. The van der Waals surface area contributed by atoms with Crippen LogP contribution in [0.1, 0.15) is 36.5 Å². The molecule has 4 N–H and O–H groups in total. The molecule has 3 rings (SSSR count). The van der Waals surface area contributed by atoms with Gasteiger partial charge in [0.2, 0.25) is 0 Å². The van der Waals surface area contributed by atoms with E-state index < -0.39 is 0 Å². The van der Waals surface area contributed by atoms with Gasteiger partial charge >= 0.3 is 0 Å². The number of nitrogens with zero attached hydrogens (tertiary/aromatic N) is 1. The highest BCUT2D eigenvalue weighted by molar-refractivity contribution is 5.96. The Labute approximate surface area is 125 Å². The quantitative estimate of drug-likeness (QED) is 0.737. The number of nitrogens with two attached hydrogens (primary N) is 1. The molecule has 2 fully saturated rings. The Morgan fingerprint density at radius 2 is 2.24 bits per heavy atom. The van der Waals surface area contributed by atoms with Crippen molar-refractivity contribution in [3.05, 3.63) is 23.8 Å². The van der Waals surface area contributed by atoms with Gasteiger partial charge < -0.3 is 16.4 Å². The van der Waals surface area contributed by atoms with Gasteiger partial charge in [0, 0.05) is 30.7 Å². The number of nitrogen functional groups attached to an aromatic ring is 1. The van der Waals surface area contributed by atoms with Gasteiger partial charge in [-0.15, -0.1) is 0 Å². The number of amides is 1. The monoisotopic (exact) mass is 288 g/mol. The van der Waals surface area contributed by atoms with Crippen molar-refractivity contribution >= 4 is 17.3 Å². The average Bonchev–Trinajstić information content (AvgIpc) is 3.06. The van der Waals surface area contributed by atoms with E-state index in [9.17, 15) is 4.79 Å². The van der Waals surface area contributed by atoms with Crippen LogP contribution in [0.25, 0.3) is 0 Å². The van der Waals surface area contributed by atoms with Crippen LogP contribution < -0.4 is 16.4 Å². The number of carbonyl (C=O) groups excluding carboxylic acids is 1. The van der Waals surface area contributed by atoms with Crippen LogP contribution in [-0.4, -0.2) is 42.5 Å². The van der Waals surface area contributed by atoms with Gasteiger partial charge in [0.1, 0.15) is 0 Å². The molecule has 2 atom stereocenters. The van der Waals surface area contributed by atoms with Crippen molar-refractivity contribution in [2.24, 2.45) is 0 Å². The molecule has 2 aliphatic rings. The van der Waals surface area contributed by atoms with E-state index in [0.717, 1.165) is 5.69 Å². The zero-order valence-corrected chi connectivity index (χ0v) is 12.6. The molecule has 0 saturated carbocycles. The van der Waals surface area contributed by atoms with Gasteiger partial charge in [-0.2, -0.15) is 0 Å². The molecule has 1 aromatic carbocycles. The van der Waals surface area contributed by atoms with E-state index in [1.165, 1.54) is 32.4 Å². The van der Waals surface area contributed by atoms with E-state index in [0.29, 0.717) is 29.9 Å². The Balaban J connectivity index is 1.70. The Hall–Kier alpha value is -1.75. The zero-order valence-electron chi connectivity index (χ0n) is 12.6. The lowest BCUT2D eigenvalue weighted by molar-refractivity contribution is 0.0956. The molecule has 0 spiro atoms. The van der Waals surface area contributed by atoms with Crippen molar-refractivity contribution < 1.29 is 4.79 Å². The molecular formula is C16H24N4O. The summed E-state index contributed by atoms with van der Waals surface area (Å²) in [5, 5.41) is 6.37. The van der Waals surface area contributed by atoms with E-state index in [1.54, 1.807) is 6.07 Å². The maximum Gasteiger partial charge on any atom is 0.251 e. The average molecular weight is 288 g/mol. The number of anilines is 2. The molecule has 0 aliphatic carbocycles. The highest BCUT2D eigenvalue weighted by atomic mass is 16.1. The number of carbonyl (C=O) groups is 1. The predicted molar refractivity (Wildman–Crippen MR) is 85.5 cm³/mol. The lowest BCUT2D eigenvalue weighted by Crippen LogP contribution is -2.34. The van der Waals surface area contributed by atoms with Crippen LogP contribution in [0.5, 0.6) is 0 Å². The summed E-state index contributed by atoms with van der Waals surface area (Å²) in [5.74, 6) is -0.0708. The molecular weight excluding hydrogens is 264 g/mol. The van der Waals surface area contributed by atoms with Gasteiger partial charge in [-0.05, 0) is 50.9 Å². The van der Waals surface area contributed by atoms with Gasteiger partial charge in [0.25, 0.3) is 5.91 Å². The van der Waals surface area contributed by atoms with E-state index in [1.807, 2.05) is 19.1 Å². The third kappa shape index (κ3) is 2.83. The van der Waals surface area contributed by atoms with Crippen LogP contribution in [-0.2, 0) is 0 Å². The topological polar surface area (TPSA) is 70.4 Å². The molecule has 5 heteroatoms. The minimum absolute atomic E-state index is 0.0708. The number of fused-ring (bicyclic) bond motifs is 1. The summed E-state index contributed by atoms with van der Waals surface area (Å²) in [4.78, 5) is 14.4. The summed E-state index contributed by atoms with van der Waals surface area (Å²) in [6, 6.07) is 6.65. The molecule has 1 amide bonds. The second kappa shape index (κ2) is 5.93. The Morgan fingerprint density at radius 1 is 1.38 bits per heavy atom. The Kier molecular flexibility index (Phi) is 4.01. The molecule has 2 heterocycles. The van der Waals surface area contributed by atoms with Gasteiger partial charge in [0.15, 0.2) is 0 Å². The second-order valence-electron chi connectivity index (χ2n) is 5.95. The number of nitrogens with one attached hydrogen (secondary N) is 2. The van der Waals surface area contributed by atoms with Crippen LogP contribution in [0, 0.1) is 0 Å². The molecule has 5 nitrogen and oxygen atoms in total.